The highest BCUT2D eigenvalue weighted by Gasteiger charge is 2.17. The van der Waals surface area contributed by atoms with Crippen LogP contribution in [-0.2, 0) is 13.0 Å². The van der Waals surface area contributed by atoms with Crippen LogP contribution in [0, 0.1) is 6.92 Å². The Bertz CT molecular complexity index is 610. The van der Waals surface area contributed by atoms with Gasteiger partial charge in [-0.1, -0.05) is 12.1 Å². The second-order valence-electron chi connectivity index (χ2n) is 5.42. The molecule has 3 rings (SSSR count). The SMILES string of the molecule is Cc1cccc(COc2ccc3c(c2)[C@H](N)CCC3)n1. The topological polar surface area (TPSA) is 48.1 Å². The first kappa shape index (κ1) is 13.1. The number of pyridine rings is 1. The first-order valence-corrected chi connectivity index (χ1v) is 7.16. The highest BCUT2D eigenvalue weighted by Crippen LogP contribution is 2.31. The first-order valence-electron chi connectivity index (χ1n) is 7.16. The van der Waals surface area contributed by atoms with Crippen molar-refractivity contribution >= 4 is 0 Å². The standard InChI is InChI=1S/C17H20N2O/c1-12-4-2-6-14(19-12)11-20-15-9-8-13-5-3-7-17(18)16(13)10-15/h2,4,6,8-10,17H,3,5,7,11,18H2,1H3/t17-/m1/s1. The summed E-state index contributed by atoms with van der Waals surface area (Å²) in [6, 6.07) is 12.4. The van der Waals surface area contributed by atoms with Crippen LogP contribution in [0.2, 0.25) is 0 Å². The van der Waals surface area contributed by atoms with Crippen LogP contribution in [0.4, 0.5) is 0 Å². The molecule has 1 aliphatic rings. The van der Waals surface area contributed by atoms with Crippen LogP contribution in [0.15, 0.2) is 36.4 Å². The molecule has 0 spiro atoms. The molecule has 1 aromatic carbocycles. The molecular weight excluding hydrogens is 248 g/mol. The van der Waals surface area contributed by atoms with E-state index in [4.69, 9.17) is 10.5 Å². The van der Waals surface area contributed by atoms with Crippen molar-refractivity contribution in [3.63, 3.8) is 0 Å². The number of aryl methyl sites for hydroxylation is 2. The maximum atomic E-state index is 6.17. The lowest BCUT2D eigenvalue weighted by Gasteiger charge is -2.22. The smallest absolute Gasteiger partial charge is 0.130 e. The summed E-state index contributed by atoms with van der Waals surface area (Å²) in [6.07, 6.45) is 3.38. The fraction of sp³-hybridized carbons (Fsp3) is 0.353. The van der Waals surface area contributed by atoms with Crippen molar-refractivity contribution in [3.05, 3.63) is 58.9 Å². The number of aromatic nitrogens is 1. The Labute approximate surface area is 119 Å². The number of benzene rings is 1. The van der Waals surface area contributed by atoms with Crippen molar-refractivity contribution < 1.29 is 4.74 Å². The molecule has 0 amide bonds. The van der Waals surface area contributed by atoms with Crippen molar-refractivity contribution in [2.45, 2.75) is 38.8 Å². The molecule has 1 aromatic heterocycles. The molecule has 3 nitrogen and oxygen atoms in total. The van der Waals surface area contributed by atoms with Gasteiger partial charge in [0.15, 0.2) is 0 Å². The average molecular weight is 268 g/mol. The number of ether oxygens (including phenoxy) is 1. The Morgan fingerprint density at radius 2 is 2.20 bits per heavy atom. The van der Waals surface area contributed by atoms with Gasteiger partial charge in [-0.2, -0.15) is 0 Å². The van der Waals surface area contributed by atoms with Gasteiger partial charge in [0.1, 0.15) is 12.4 Å². The van der Waals surface area contributed by atoms with Crippen LogP contribution < -0.4 is 10.5 Å². The quantitative estimate of drug-likeness (QED) is 0.929. The summed E-state index contributed by atoms with van der Waals surface area (Å²) in [5, 5.41) is 0. The van der Waals surface area contributed by atoms with Crippen molar-refractivity contribution in [1.82, 2.24) is 4.98 Å². The Kier molecular flexibility index (Phi) is 3.70. The van der Waals surface area contributed by atoms with Gasteiger partial charge in [-0.05, 0) is 61.6 Å². The summed E-state index contributed by atoms with van der Waals surface area (Å²) in [6.45, 7) is 2.48. The molecule has 1 aliphatic carbocycles. The highest BCUT2D eigenvalue weighted by molar-refractivity contribution is 5.39. The van der Waals surface area contributed by atoms with Crippen LogP contribution >= 0.6 is 0 Å². The third-order valence-corrected chi connectivity index (χ3v) is 3.81. The second kappa shape index (κ2) is 5.63. The van der Waals surface area contributed by atoms with E-state index in [2.05, 4.69) is 17.1 Å². The molecule has 2 N–H and O–H groups in total. The zero-order valence-corrected chi connectivity index (χ0v) is 11.8. The predicted molar refractivity (Wildman–Crippen MR) is 79.6 cm³/mol. The molecule has 0 bridgehead atoms. The van der Waals surface area contributed by atoms with E-state index in [0.29, 0.717) is 6.61 Å². The van der Waals surface area contributed by atoms with E-state index >= 15 is 0 Å². The molecule has 20 heavy (non-hydrogen) atoms. The fourth-order valence-electron chi connectivity index (χ4n) is 2.74. The van der Waals surface area contributed by atoms with E-state index < -0.39 is 0 Å². The van der Waals surface area contributed by atoms with Gasteiger partial charge in [0.05, 0.1) is 5.69 Å². The van der Waals surface area contributed by atoms with Crippen molar-refractivity contribution in [2.75, 3.05) is 0 Å². The average Bonchev–Trinajstić information content (AvgIpc) is 2.46. The van der Waals surface area contributed by atoms with Crippen molar-refractivity contribution in [2.24, 2.45) is 5.73 Å². The minimum absolute atomic E-state index is 0.152. The molecule has 0 radical (unpaired) electrons. The summed E-state index contributed by atoms with van der Waals surface area (Å²) < 4.78 is 5.84. The third-order valence-electron chi connectivity index (χ3n) is 3.81. The second-order valence-corrected chi connectivity index (χ2v) is 5.42. The van der Waals surface area contributed by atoms with Crippen molar-refractivity contribution in [1.29, 1.82) is 0 Å². The summed E-state index contributed by atoms with van der Waals surface area (Å²) in [5.74, 6) is 0.879. The van der Waals surface area contributed by atoms with Gasteiger partial charge < -0.3 is 10.5 Å². The zero-order valence-electron chi connectivity index (χ0n) is 11.8. The molecule has 0 saturated heterocycles. The van der Waals surface area contributed by atoms with Crippen LogP contribution in [0.1, 0.15) is 41.4 Å². The maximum absolute atomic E-state index is 6.17. The van der Waals surface area contributed by atoms with Crippen LogP contribution in [0.5, 0.6) is 5.75 Å². The zero-order chi connectivity index (χ0) is 13.9. The number of nitrogens with zero attached hydrogens (tertiary/aromatic N) is 1. The summed E-state index contributed by atoms with van der Waals surface area (Å²) in [7, 11) is 0. The summed E-state index contributed by atoms with van der Waals surface area (Å²) >= 11 is 0. The largest absolute Gasteiger partial charge is 0.487 e. The molecule has 1 heterocycles. The molecular formula is C17H20N2O. The molecule has 2 aromatic rings. The third kappa shape index (κ3) is 2.83. The number of rotatable bonds is 3. The number of nitrogens with two attached hydrogens (primary N) is 1. The molecule has 1 atom stereocenters. The lowest BCUT2D eigenvalue weighted by atomic mass is 9.88. The minimum Gasteiger partial charge on any atom is -0.487 e. The maximum Gasteiger partial charge on any atom is 0.130 e. The van der Waals surface area contributed by atoms with Gasteiger partial charge in [0, 0.05) is 11.7 Å². The van der Waals surface area contributed by atoms with Gasteiger partial charge >= 0.3 is 0 Å². The Balaban J connectivity index is 1.73. The molecule has 0 unspecified atom stereocenters. The van der Waals surface area contributed by atoms with E-state index in [1.165, 1.54) is 17.5 Å². The van der Waals surface area contributed by atoms with Gasteiger partial charge in [0.2, 0.25) is 0 Å². The van der Waals surface area contributed by atoms with E-state index in [-0.39, 0.29) is 6.04 Å². The Hall–Kier alpha value is -1.87. The van der Waals surface area contributed by atoms with Crippen LogP contribution in [0.25, 0.3) is 0 Å². The lowest BCUT2D eigenvalue weighted by molar-refractivity contribution is 0.300. The molecule has 104 valence electrons. The Morgan fingerprint density at radius 3 is 3.05 bits per heavy atom. The normalized spacial score (nSPS) is 17.6. The molecule has 0 fully saturated rings. The molecule has 3 heteroatoms. The fourth-order valence-corrected chi connectivity index (χ4v) is 2.74. The monoisotopic (exact) mass is 268 g/mol. The van der Waals surface area contributed by atoms with E-state index in [1.807, 2.05) is 31.2 Å². The number of hydrogen-bond donors (Lipinski definition) is 1. The van der Waals surface area contributed by atoms with Gasteiger partial charge in [0.25, 0.3) is 0 Å². The van der Waals surface area contributed by atoms with Crippen LogP contribution in [0.3, 0.4) is 0 Å². The molecule has 0 aliphatic heterocycles. The van der Waals surface area contributed by atoms with E-state index in [0.717, 1.165) is 30.0 Å². The lowest BCUT2D eigenvalue weighted by Crippen LogP contribution is -2.17. The minimum atomic E-state index is 0.152. The number of fused-ring (bicyclic) bond motifs is 1. The summed E-state index contributed by atoms with van der Waals surface area (Å²) in [5.41, 5.74) is 10.7. The van der Waals surface area contributed by atoms with Gasteiger partial charge in [-0.25, -0.2) is 0 Å². The van der Waals surface area contributed by atoms with Gasteiger partial charge in [-0.15, -0.1) is 0 Å². The molecule has 0 saturated carbocycles. The van der Waals surface area contributed by atoms with E-state index in [9.17, 15) is 0 Å². The van der Waals surface area contributed by atoms with Gasteiger partial charge in [-0.3, -0.25) is 4.98 Å². The Morgan fingerprint density at radius 1 is 1.30 bits per heavy atom. The first-order chi connectivity index (χ1) is 9.72. The van der Waals surface area contributed by atoms with Crippen molar-refractivity contribution in [3.8, 4) is 5.75 Å². The predicted octanol–water partition coefficient (Wildman–Crippen LogP) is 3.31. The summed E-state index contributed by atoms with van der Waals surface area (Å²) in [4.78, 5) is 4.44. The highest BCUT2D eigenvalue weighted by atomic mass is 16.5. The van der Waals surface area contributed by atoms with Crippen LogP contribution in [-0.4, -0.2) is 4.98 Å². The van der Waals surface area contributed by atoms with E-state index in [1.54, 1.807) is 0 Å². The number of hydrogen-bond acceptors (Lipinski definition) is 3.